The van der Waals surface area contributed by atoms with Crippen LogP contribution in [-0.4, -0.2) is 23.1 Å². The maximum absolute atomic E-state index is 10.0. The van der Waals surface area contributed by atoms with Gasteiger partial charge in [0.05, 0.1) is 0 Å². The van der Waals surface area contributed by atoms with Gasteiger partial charge in [0.1, 0.15) is 6.04 Å². The van der Waals surface area contributed by atoms with Crippen LogP contribution in [0.1, 0.15) is 6.92 Å². The topological polar surface area (TPSA) is 99.2 Å². The maximum Gasteiger partial charge on any atom is 0.325 e. The van der Waals surface area contributed by atoms with Crippen LogP contribution in [-0.2, 0) is 4.79 Å². The summed E-state index contributed by atoms with van der Waals surface area (Å²) < 4.78 is 0. The fourth-order valence-corrected chi connectivity index (χ4v) is 0.295. The van der Waals surface area contributed by atoms with Gasteiger partial charge in [-0.1, -0.05) is 0 Å². The van der Waals surface area contributed by atoms with Gasteiger partial charge in [-0.25, -0.2) is 0 Å². The Labute approximate surface area is 64.5 Å². The largest absolute Gasteiger partial charge is 0.480 e. The zero-order valence-electron chi connectivity index (χ0n) is 5.42. The van der Waals surface area contributed by atoms with E-state index in [1.165, 1.54) is 6.92 Å². The molecule has 6 heteroatoms. The average molecular weight is 168 g/mol. The van der Waals surface area contributed by atoms with Crippen molar-refractivity contribution < 1.29 is 9.90 Å². The molecule has 0 bridgehead atoms. The van der Waals surface area contributed by atoms with Crippen molar-refractivity contribution in [2.45, 2.75) is 13.0 Å². The molecular weight excluding hydrogens is 158 g/mol. The summed E-state index contributed by atoms with van der Waals surface area (Å²) in [6.45, 7) is 1.41. The van der Waals surface area contributed by atoms with E-state index in [1.807, 2.05) is 0 Å². The van der Waals surface area contributed by atoms with Crippen LogP contribution in [0.15, 0.2) is 0 Å². The molecule has 0 fully saturated rings. The lowest BCUT2D eigenvalue weighted by molar-refractivity contribution is -0.138. The first kappa shape index (κ1) is 11.8. The molecule has 0 radical (unpaired) electrons. The van der Waals surface area contributed by atoms with Crippen molar-refractivity contribution in [3.63, 3.8) is 0 Å². The van der Waals surface area contributed by atoms with Gasteiger partial charge < -0.3 is 16.2 Å². The summed E-state index contributed by atoms with van der Waals surface area (Å²) >= 11 is 0. The Hall–Kier alpha value is -0.970. The molecular formula is C4H10ClN3O2. The normalized spacial score (nSPS) is 10.9. The molecule has 60 valence electrons. The summed E-state index contributed by atoms with van der Waals surface area (Å²) in [5.74, 6) is -1.35. The molecule has 0 spiro atoms. The van der Waals surface area contributed by atoms with Crippen LogP contribution in [0.3, 0.4) is 0 Å². The molecule has 0 aromatic heterocycles. The maximum atomic E-state index is 10.0. The highest BCUT2D eigenvalue weighted by atomic mass is 35.5. The van der Waals surface area contributed by atoms with Crippen molar-refractivity contribution in [3.8, 4) is 0 Å². The predicted octanol–water partition coefficient (Wildman–Crippen LogP) is -0.636. The SMILES string of the molecule is C[C@H](NC(=N)N)C(=O)O.Cl. The summed E-state index contributed by atoms with van der Waals surface area (Å²) in [7, 11) is 0. The highest BCUT2D eigenvalue weighted by Gasteiger charge is 2.08. The molecule has 0 aromatic carbocycles. The van der Waals surface area contributed by atoms with Gasteiger partial charge in [0.15, 0.2) is 5.96 Å². The number of halogens is 1. The van der Waals surface area contributed by atoms with E-state index < -0.39 is 12.0 Å². The highest BCUT2D eigenvalue weighted by Crippen LogP contribution is 1.76. The molecule has 0 aliphatic rings. The van der Waals surface area contributed by atoms with Gasteiger partial charge in [-0.15, -0.1) is 12.4 Å². The Balaban J connectivity index is 0. The third-order valence-electron chi connectivity index (χ3n) is 0.742. The quantitative estimate of drug-likeness (QED) is 0.325. The lowest BCUT2D eigenvalue weighted by Crippen LogP contribution is -2.41. The summed E-state index contributed by atoms with van der Waals surface area (Å²) in [6, 6.07) is -0.789. The molecule has 0 aliphatic carbocycles. The van der Waals surface area contributed by atoms with E-state index in [9.17, 15) is 4.79 Å². The van der Waals surface area contributed by atoms with Crippen molar-refractivity contribution in [2.75, 3.05) is 0 Å². The molecule has 0 heterocycles. The molecule has 1 atom stereocenters. The van der Waals surface area contributed by atoms with E-state index in [0.717, 1.165) is 0 Å². The number of hydrogen-bond acceptors (Lipinski definition) is 2. The lowest BCUT2D eigenvalue weighted by atomic mass is 10.3. The Morgan fingerprint density at radius 1 is 1.80 bits per heavy atom. The predicted molar refractivity (Wildman–Crippen MR) is 39.4 cm³/mol. The smallest absolute Gasteiger partial charge is 0.325 e. The number of nitrogens with two attached hydrogens (primary N) is 1. The van der Waals surface area contributed by atoms with Crippen LogP contribution in [0.25, 0.3) is 0 Å². The molecule has 10 heavy (non-hydrogen) atoms. The Bertz CT molecular complexity index is 138. The first-order valence-electron chi connectivity index (χ1n) is 2.37. The minimum atomic E-state index is -1.02. The number of rotatable bonds is 2. The second-order valence-electron chi connectivity index (χ2n) is 1.62. The minimum absolute atomic E-state index is 0. The van der Waals surface area contributed by atoms with Crippen LogP contribution in [0.4, 0.5) is 0 Å². The number of carbonyl (C=O) groups is 1. The zero-order valence-corrected chi connectivity index (χ0v) is 6.23. The number of guanidine groups is 1. The van der Waals surface area contributed by atoms with Gasteiger partial charge in [0.2, 0.25) is 0 Å². The third kappa shape index (κ3) is 5.17. The fraction of sp³-hybridized carbons (Fsp3) is 0.500. The van der Waals surface area contributed by atoms with Crippen molar-refractivity contribution in [1.29, 1.82) is 5.41 Å². The molecule has 5 N–H and O–H groups in total. The van der Waals surface area contributed by atoms with Gasteiger partial charge in [-0.05, 0) is 6.92 Å². The fourth-order valence-electron chi connectivity index (χ4n) is 0.295. The average Bonchev–Trinajstić information content (AvgIpc) is 1.63. The first-order valence-corrected chi connectivity index (χ1v) is 2.37. The molecule has 0 amide bonds. The van der Waals surface area contributed by atoms with Gasteiger partial charge >= 0.3 is 5.97 Å². The first-order chi connectivity index (χ1) is 4.04. The van der Waals surface area contributed by atoms with E-state index in [4.69, 9.17) is 16.2 Å². The third-order valence-corrected chi connectivity index (χ3v) is 0.742. The van der Waals surface area contributed by atoms with Crippen LogP contribution in [0.2, 0.25) is 0 Å². The van der Waals surface area contributed by atoms with E-state index in [1.54, 1.807) is 0 Å². The van der Waals surface area contributed by atoms with Gasteiger partial charge in [0.25, 0.3) is 0 Å². The monoisotopic (exact) mass is 167 g/mol. The van der Waals surface area contributed by atoms with Crippen molar-refractivity contribution >= 4 is 24.3 Å². The lowest BCUT2D eigenvalue weighted by Gasteiger charge is -2.06. The molecule has 0 aliphatic heterocycles. The molecule has 0 aromatic rings. The zero-order chi connectivity index (χ0) is 7.44. The van der Waals surface area contributed by atoms with Crippen LogP contribution < -0.4 is 11.1 Å². The van der Waals surface area contributed by atoms with E-state index in [2.05, 4.69) is 5.32 Å². The van der Waals surface area contributed by atoms with Crippen molar-refractivity contribution in [3.05, 3.63) is 0 Å². The van der Waals surface area contributed by atoms with Gasteiger partial charge in [-0.2, -0.15) is 0 Å². The van der Waals surface area contributed by atoms with E-state index in [-0.39, 0.29) is 18.4 Å². The highest BCUT2D eigenvalue weighted by molar-refractivity contribution is 5.85. The van der Waals surface area contributed by atoms with E-state index in [0.29, 0.717) is 0 Å². The van der Waals surface area contributed by atoms with E-state index >= 15 is 0 Å². The summed E-state index contributed by atoms with van der Waals surface area (Å²) in [4.78, 5) is 10.0. The van der Waals surface area contributed by atoms with Gasteiger partial charge in [-0.3, -0.25) is 10.2 Å². The number of carboxylic acids is 1. The van der Waals surface area contributed by atoms with Crippen molar-refractivity contribution in [2.24, 2.45) is 5.73 Å². The Morgan fingerprint density at radius 2 is 2.20 bits per heavy atom. The van der Waals surface area contributed by atoms with Gasteiger partial charge in [0, 0.05) is 0 Å². The summed E-state index contributed by atoms with van der Waals surface area (Å²) in [5, 5.41) is 17.0. The molecule has 0 unspecified atom stereocenters. The molecule has 5 nitrogen and oxygen atoms in total. The minimum Gasteiger partial charge on any atom is -0.480 e. The Morgan fingerprint density at radius 3 is 2.30 bits per heavy atom. The standard InChI is InChI=1S/C4H9N3O2.ClH/c1-2(3(8)9)7-4(5)6;/h2H,1H3,(H,8,9)(H4,5,6,7);1H/t2-;/m0./s1. The Kier molecular flexibility index (Phi) is 5.73. The molecule has 0 saturated heterocycles. The molecule has 0 rings (SSSR count). The molecule has 0 saturated carbocycles. The number of aliphatic carboxylic acids is 1. The van der Waals surface area contributed by atoms with Crippen molar-refractivity contribution in [1.82, 2.24) is 5.32 Å². The number of carboxylic acid groups (broad SMARTS) is 1. The number of hydrogen-bond donors (Lipinski definition) is 4. The second-order valence-corrected chi connectivity index (χ2v) is 1.62. The van der Waals surface area contributed by atoms with Crippen LogP contribution in [0, 0.1) is 5.41 Å². The second kappa shape index (κ2) is 4.87. The van der Waals surface area contributed by atoms with Crippen LogP contribution in [0.5, 0.6) is 0 Å². The van der Waals surface area contributed by atoms with Crippen LogP contribution >= 0.6 is 12.4 Å². The summed E-state index contributed by atoms with van der Waals surface area (Å²) in [5.41, 5.74) is 4.84. The number of nitrogens with one attached hydrogen (secondary N) is 2. The summed E-state index contributed by atoms with van der Waals surface area (Å²) in [6.07, 6.45) is 0.